The molecule has 0 aliphatic rings. The van der Waals surface area contributed by atoms with Gasteiger partial charge in [0.2, 0.25) is 10.0 Å². The van der Waals surface area contributed by atoms with Gasteiger partial charge in [-0.05, 0) is 12.5 Å². The molecule has 106 valence electrons. The van der Waals surface area contributed by atoms with E-state index < -0.39 is 26.5 Å². The first-order valence-corrected chi connectivity index (χ1v) is 7.18. The molecule has 19 heavy (non-hydrogen) atoms. The summed E-state index contributed by atoms with van der Waals surface area (Å²) >= 11 is 5.52. The highest BCUT2D eigenvalue weighted by Gasteiger charge is 2.17. The van der Waals surface area contributed by atoms with E-state index in [9.17, 15) is 22.9 Å². The molecule has 0 radical (unpaired) electrons. The van der Waals surface area contributed by atoms with Crippen LogP contribution < -0.4 is 10.5 Å². The topological polar surface area (TPSA) is 115 Å². The van der Waals surface area contributed by atoms with Crippen molar-refractivity contribution in [1.82, 2.24) is 0 Å². The van der Waals surface area contributed by atoms with Crippen LogP contribution >= 0.6 is 11.6 Å². The van der Waals surface area contributed by atoms with E-state index in [0.717, 1.165) is 6.07 Å². The molecule has 0 atom stereocenters. The third-order valence-corrected chi connectivity index (χ3v) is 3.30. The van der Waals surface area contributed by atoms with E-state index in [1.807, 2.05) is 0 Å². The van der Waals surface area contributed by atoms with E-state index in [0.29, 0.717) is 6.07 Å². The van der Waals surface area contributed by atoms with Crippen LogP contribution in [0.1, 0.15) is 6.42 Å². The van der Waals surface area contributed by atoms with Crippen LogP contribution in [0.5, 0.6) is 0 Å². The summed E-state index contributed by atoms with van der Waals surface area (Å²) in [6, 6.07) is 1.77. The Morgan fingerprint density at radius 3 is 2.63 bits per heavy atom. The summed E-state index contributed by atoms with van der Waals surface area (Å²) in [4.78, 5) is 9.95. The lowest BCUT2D eigenvalue weighted by atomic mass is 10.2. The van der Waals surface area contributed by atoms with Gasteiger partial charge in [-0.15, -0.1) is 0 Å². The van der Waals surface area contributed by atoms with Crippen LogP contribution in [0, 0.1) is 15.9 Å². The van der Waals surface area contributed by atoms with Gasteiger partial charge in [0.05, 0.1) is 21.8 Å². The summed E-state index contributed by atoms with van der Waals surface area (Å²) in [6.07, 6.45) is 0.158. The molecule has 1 aromatic rings. The Balaban J connectivity index is 2.77. The van der Waals surface area contributed by atoms with Gasteiger partial charge in [0.1, 0.15) is 11.5 Å². The second-order valence-corrected chi connectivity index (χ2v) is 5.83. The van der Waals surface area contributed by atoms with E-state index in [-0.39, 0.29) is 29.4 Å². The molecule has 0 aromatic heterocycles. The maximum Gasteiger partial charge on any atom is 0.295 e. The number of sulfonamides is 1. The number of hydrogen-bond acceptors (Lipinski definition) is 5. The van der Waals surface area contributed by atoms with Crippen LogP contribution in [-0.2, 0) is 10.0 Å². The number of nitrogens with one attached hydrogen (secondary N) is 1. The zero-order valence-electron chi connectivity index (χ0n) is 9.60. The first-order valence-electron chi connectivity index (χ1n) is 5.08. The molecule has 0 saturated carbocycles. The summed E-state index contributed by atoms with van der Waals surface area (Å²) in [6.45, 7) is 0.124. The average molecular weight is 312 g/mol. The highest BCUT2D eigenvalue weighted by Crippen LogP contribution is 2.30. The van der Waals surface area contributed by atoms with E-state index >= 15 is 0 Å². The van der Waals surface area contributed by atoms with Gasteiger partial charge in [-0.2, -0.15) is 0 Å². The number of halogens is 2. The highest BCUT2D eigenvalue weighted by molar-refractivity contribution is 7.89. The van der Waals surface area contributed by atoms with Gasteiger partial charge in [0.15, 0.2) is 0 Å². The monoisotopic (exact) mass is 311 g/mol. The maximum absolute atomic E-state index is 13.1. The van der Waals surface area contributed by atoms with Gasteiger partial charge in [-0.25, -0.2) is 17.9 Å². The zero-order valence-corrected chi connectivity index (χ0v) is 11.2. The van der Waals surface area contributed by atoms with Crippen molar-refractivity contribution in [3.05, 3.63) is 33.1 Å². The molecule has 0 amide bonds. The van der Waals surface area contributed by atoms with Crippen LogP contribution in [0.4, 0.5) is 15.8 Å². The highest BCUT2D eigenvalue weighted by atomic mass is 35.5. The van der Waals surface area contributed by atoms with Crippen molar-refractivity contribution in [1.29, 1.82) is 0 Å². The van der Waals surface area contributed by atoms with Gasteiger partial charge >= 0.3 is 0 Å². The van der Waals surface area contributed by atoms with Crippen LogP contribution in [-0.4, -0.2) is 25.6 Å². The molecular weight excluding hydrogens is 301 g/mol. The second-order valence-electron chi connectivity index (χ2n) is 3.69. The smallest absolute Gasteiger partial charge is 0.295 e. The lowest BCUT2D eigenvalue weighted by Crippen LogP contribution is -2.18. The maximum atomic E-state index is 13.1. The minimum atomic E-state index is -3.58. The molecule has 0 saturated heterocycles. The van der Waals surface area contributed by atoms with Crippen LogP contribution in [0.15, 0.2) is 12.1 Å². The first-order chi connectivity index (χ1) is 8.70. The van der Waals surface area contributed by atoms with Gasteiger partial charge in [-0.1, -0.05) is 11.6 Å². The number of benzene rings is 1. The van der Waals surface area contributed by atoms with Crippen LogP contribution in [0.25, 0.3) is 0 Å². The number of nitrogens with two attached hydrogens (primary N) is 1. The lowest BCUT2D eigenvalue weighted by molar-refractivity contribution is -0.384. The molecule has 7 nitrogen and oxygen atoms in total. The van der Waals surface area contributed by atoms with Crippen molar-refractivity contribution in [2.24, 2.45) is 5.14 Å². The largest absolute Gasteiger partial charge is 0.379 e. The number of rotatable bonds is 6. The van der Waals surface area contributed by atoms with Crippen molar-refractivity contribution in [3.8, 4) is 0 Å². The molecule has 0 spiro atoms. The minimum Gasteiger partial charge on any atom is -0.379 e. The van der Waals surface area contributed by atoms with Crippen molar-refractivity contribution >= 4 is 33.0 Å². The Morgan fingerprint density at radius 1 is 1.47 bits per heavy atom. The Hall–Kier alpha value is -1.45. The van der Waals surface area contributed by atoms with Crippen molar-refractivity contribution in [2.45, 2.75) is 6.42 Å². The fourth-order valence-corrected chi connectivity index (χ4v) is 2.04. The van der Waals surface area contributed by atoms with Crippen molar-refractivity contribution in [2.75, 3.05) is 17.6 Å². The fourth-order valence-electron chi connectivity index (χ4n) is 1.33. The quantitative estimate of drug-likeness (QED) is 0.469. The Kier molecular flexibility index (Phi) is 5.04. The second kappa shape index (κ2) is 6.13. The number of nitro groups is 1. The molecular formula is C9H11ClFN3O4S. The normalized spacial score (nSPS) is 11.3. The number of primary sulfonamides is 1. The standard InChI is InChI=1S/C9H11ClFN3O4S/c10-6-4-8(9(14(15)16)5-7(6)11)13-2-1-3-19(12,17)18/h4-5,13H,1-3H2,(H2,12,17,18). The van der Waals surface area contributed by atoms with Gasteiger partial charge < -0.3 is 5.32 Å². The number of anilines is 1. The minimum absolute atomic E-state index is 0.0193. The van der Waals surface area contributed by atoms with Crippen LogP contribution in [0.2, 0.25) is 5.02 Å². The fraction of sp³-hybridized carbons (Fsp3) is 0.333. The lowest BCUT2D eigenvalue weighted by Gasteiger charge is -2.07. The Morgan fingerprint density at radius 2 is 2.11 bits per heavy atom. The number of nitro benzene ring substituents is 1. The molecule has 0 aliphatic heterocycles. The third kappa shape index (κ3) is 4.97. The van der Waals surface area contributed by atoms with E-state index in [1.54, 1.807) is 0 Å². The summed E-state index contributed by atoms with van der Waals surface area (Å²) in [5.41, 5.74) is -0.455. The molecule has 0 unspecified atom stereocenters. The number of hydrogen-bond donors (Lipinski definition) is 2. The first kappa shape index (κ1) is 15.6. The third-order valence-electron chi connectivity index (χ3n) is 2.16. The van der Waals surface area contributed by atoms with Crippen molar-refractivity contribution < 1.29 is 17.7 Å². The van der Waals surface area contributed by atoms with E-state index in [1.165, 1.54) is 0 Å². The van der Waals surface area contributed by atoms with Gasteiger partial charge in [-0.3, -0.25) is 10.1 Å². The van der Waals surface area contributed by atoms with Crippen molar-refractivity contribution in [3.63, 3.8) is 0 Å². The average Bonchev–Trinajstić information content (AvgIpc) is 2.27. The molecule has 10 heteroatoms. The van der Waals surface area contributed by atoms with E-state index in [2.05, 4.69) is 5.32 Å². The SMILES string of the molecule is NS(=O)(=O)CCCNc1cc(Cl)c(F)cc1[N+](=O)[O-]. The summed E-state index contributed by atoms with van der Waals surface area (Å²) in [5.74, 6) is -1.16. The molecule has 0 fully saturated rings. The Bertz CT molecular complexity index is 593. The molecule has 0 bridgehead atoms. The predicted molar refractivity (Wildman–Crippen MR) is 69.1 cm³/mol. The molecule has 1 aromatic carbocycles. The summed E-state index contributed by atoms with van der Waals surface area (Å²) in [5, 5.41) is 17.9. The summed E-state index contributed by atoms with van der Waals surface area (Å²) < 4.78 is 34.5. The van der Waals surface area contributed by atoms with Crippen LogP contribution in [0.3, 0.4) is 0 Å². The molecule has 3 N–H and O–H groups in total. The molecule has 0 aliphatic carbocycles. The summed E-state index contributed by atoms with van der Waals surface area (Å²) in [7, 11) is -3.58. The van der Waals surface area contributed by atoms with Gasteiger partial charge in [0, 0.05) is 6.54 Å². The molecule has 0 heterocycles. The van der Waals surface area contributed by atoms with Gasteiger partial charge in [0.25, 0.3) is 5.69 Å². The predicted octanol–water partition coefficient (Wildman–Crippen LogP) is 1.48. The number of nitrogens with zero attached hydrogens (tertiary/aromatic N) is 1. The zero-order chi connectivity index (χ0) is 14.6. The molecule has 1 rings (SSSR count). The Labute approximate surface area is 113 Å². The van der Waals surface area contributed by atoms with E-state index in [4.69, 9.17) is 16.7 Å².